The van der Waals surface area contributed by atoms with Crippen LogP contribution in [0, 0.1) is 0 Å². The molecule has 1 amide bonds. The summed E-state index contributed by atoms with van der Waals surface area (Å²) >= 11 is 0. The molecule has 0 aliphatic carbocycles. The van der Waals surface area contributed by atoms with Gasteiger partial charge in [-0.05, 0) is 50.4 Å². The highest BCUT2D eigenvalue weighted by Gasteiger charge is 2.42. The molecule has 110 valence electrons. The Kier molecular flexibility index (Phi) is 4.19. The SMILES string of the molecule is CC(C)NCCCc1ccc2c(c1)C(C)(C)C(=O)N2C. The number of benzene rings is 1. The number of hydrogen-bond donors (Lipinski definition) is 1. The molecule has 3 heteroatoms. The number of carbonyl (C=O) groups excluding carboxylic acids is 1. The minimum absolute atomic E-state index is 0.186. The molecule has 0 atom stereocenters. The Hall–Kier alpha value is -1.35. The van der Waals surface area contributed by atoms with Crippen molar-refractivity contribution in [2.45, 2.75) is 52.0 Å². The Balaban J connectivity index is 2.09. The molecule has 0 saturated carbocycles. The number of likely N-dealkylation sites (N-methyl/N-ethyl adjacent to an activating group) is 1. The van der Waals surface area contributed by atoms with Gasteiger partial charge in [0.2, 0.25) is 5.91 Å². The van der Waals surface area contributed by atoms with E-state index in [-0.39, 0.29) is 5.91 Å². The number of hydrogen-bond acceptors (Lipinski definition) is 2. The van der Waals surface area contributed by atoms with Gasteiger partial charge in [-0.15, -0.1) is 0 Å². The van der Waals surface area contributed by atoms with Crippen LogP contribution >= 0.6 is 0 Å². The summed E-state index contributed by atoms with van der Waals surface area (Å²) in [5.41, 5.74) is 3.16. The van der Waals surface area contributed by atoms with Crippen molar-refractivity contribution in [1.29, 1.82) is 0 Å². The van der Waals surface area contributed by atoms with Crippen LogP contribution in [-0.2, 0) is 16.6 Å². The van der Waals surface area contributed by atoms with Crippen LogP contribution in [-0.4, -0.2) is 25.5 Å². The van der Waals surface area contributed by atoms with E-state index in [1.54, 1.807) is 4.90 Å². The Morgan fingerprint density at radius 1 is 1.30 bits per heavy atom. The highest BCUT2D eigenvalue weighted by atomic mass is 16.2. The van der Waals surface area contributed by atoms with Gasteiger partial charge >= 0.3 is 0 Å². The van der Waals surface area contributed by atoms with E-state index in [2.05, 4.69) is 37.4 Å². The van der Waals surface area contributed by atoms with Gasteiger partial charge in [-0.1, -0.05) is 26.0 Å². The molecule has 0 bridgehead atoms. The molecule has 1 aromatic rings. The maximum Gasteiger partial charge on any atom is 0.236 e. The molecule has 1 N–H and O–H groups in total. The van der Waals surface area contributed by atoms with E-state index in [0.29, 0.717) is 6.04 Å². The largest absolute Gasteiger partial charge is 0.315 e. The molecule has 0 fully saturated rings. The van der Waals surface area contributed by atoms with E-state index in [4.69, 9.17) is 0 Å². The van der Waals surface area contributed by atoms with Crippen molar-refractivity contribution in [3.05, 3.63) is 29.3 Å². The molecule has 0 unspecified atom stereocenters. The van der Waals surface area contributed by atoms with Crippen molar-refractivity contribution >= 4 is 11.6 Å². The highest BCUT2D eigenvalue weighted by Crippen LogP contribution is 2.41. The molecule has 1 aliphatic rings. The first-order chi connectivity index (χ1) is 9.34. The summed E-state index contributed by atoms with van der Waals surface area (Å²) in [5, 5.41) is 3.44. The third-order valence-corrected chi connectivity index (χ3v) is 4.13. The summed E-state index contributed by atoms with van der Waals surface area (Å²) in [6.45, 7) is 9.40. The molecule has 0 saturated heterocycles. The maximum atomic E-state index is 12.2. The summed E-state index contributed by atoms with van der Waals surface area (Å²) in [4.78, 5) is 14.0. The molecular weight excluding hydrogens is 248 g/mol. The van der Waals surface area contributed by atoms with Crippen LogP contribution in [0.15, 0.2) is 18.2 Å². The van der Waals surface area contributed by atoms with Gasteiger partial charge in [-0.3, -0.25) is 4.79 Å². The Morgan fingerprint density at radius 3 is 2.65 bits per heavy atom. The Morgan fingerprint density at radius 2 is 2.00 bits per heavy atom. The minimum Gasteiger partial charge on any atom is -0.315 e. The number of anilines is 1. The quantitative estimate of drug-likeness (QED) is 0.837. The molecule has 3 nitrogen and oxygen atoms in total. The van der Waals surface area contributed by atoms with Crippen molar-refractivity contribution in [3.63, 3.8) is 0 Å². The number of carbonyl (C=O) groups is 1. The summed E-state index contributed by atoms with van der Waals surface area (Å²) in [6.07, 6.45) is 2.18. The van der Waals surface area contributed by atoms with Crippen LogP contribution in [0.1, 0.15) is 45.2 Å². The van der Waals surface area contributed by atoms with Gasteiger partial charge in [-0.25, -0.2) is 0 Å². The molecule has 2 rings (SSSR count). The summed E-state index contributed by atoms with van der Waals surface area (Å²) in [6, 6.07) is 7.00. The Labute approximate surface area is 122 Å². The zero-order chi connectivity index (χ0) is 14.9. The zero-order valence-corrected chi connectivity index (χ0v) is 13.3. The minimum atomic E-state index is -0.393. The summed E-state index contributed by atoms with van der Waals surface area (Å²) in [5.74, 6) is 0.186. The van der Waals surface area contributed by atoms with Crippen molar-refractivity contribution in [2.75, 3.05) is 18.5 Å². The van der Waals surface area contributed by atoms with E-state index >= 15 is 0 Å². The van der Waals surface area contributed by atoms with Crippen LogP contribution in [0.2, 0.25) is 0 Å². The molecule has 1 aromatic carbocycles. The molecule has 0 radical (unpaired) electrons. The van der Waals surface area contributed by atoms with Crippen molar-refractivity contribution in [2.24, 2.45) is 0 Å². The van der Waals surface area contributed by atoms with Gasteiger partial charge in [0.05, 0.1) is 5.41 Å². The first-order valence-corrected chi connectivity index (χ1v) is 7.49. The second-order valence-electron chi connectivity index (χ2n) is 6.55. The average molecular weight is 274 g/mol. The van der Waals surface area contributed by atoms with E-state index in [1.807, 2.05) is 20.9 Å². The fraction of sp³-hybridized carbons (Fsp3) is 0.588. The molecule has 20 heavy (non-hydrogen) atoms. The van der Waals surface area contributed by atoms with Gasteiger partial charge in [0.15, 0.2) is 0 Å². The summed E-state index contributed by atoms with van der Waals surface area (Å²) < 4.78 is 0. The lowest BCUT2D eigenvalue weighted by atomic mass is 9.85. The second-order valence-corrected chi connectivity index (χ2v) is 6.55. The number of nitrogens with one attached hydrogen (secondary N) is 1. The van der Waals surface area contributed by atoms with Crippen LogP contribution in [0.5, 0.6) is 0 Å². The van der Waals surface area contributed by atoms with Crippen molar-refractivity contribution in [1.82, 2.24) is 5.32 Å². The monoisotopic (exact) mass is 274 g/mol. The van der Waals surface area contributed by atoms with Gasteiger partial charge in [0.25, 0.3) is 0 Å². The molecule has 1 heterocycles. The van der Waals surface area contributed by atoms with Gasteiger partial charge in [0, 0.05) is 18.8 Å². The Bertz CT molecular complexity index is 506. The molecule has 0 aromatic heterocycles. The normalized spacial score (nSPS) is 16.9. The lowest BCUT2D eigenvalue weighted by Gasteiger charge is -2.16. The first-order valence-electron chi connectivity index (χ1n) is 7.49. The predicted molar refractivity (Wildman–Crippen MR) is 84.3 cm³/mol. The van der Waals surface area contributed by atoms with E-state index in [0.717, 1.165) is 25.1 Å². The van der Waals surface area contributed by atoms with Crippen LogP contribution in [0.3, 0.4) is 0 Å². The smallest absolute Gasteiger partial charge is 0.236 e. The van der Waals surface area contributed by atoms with Crippen molar-refractivity contribution < 1.29 is 4.79 Å². The third kappa shape index (κ3) is 2.73. The van der Waals surface area contributed by atoms with Crippen LogP contribution in [0.25, 0.3) is 0 Å². The number of fused-ring (bicyclic) bond motifs is 1. The number of rotatable bonds is 5. The van der Waals surface area contributed by atoms with Gasteiger partial charge < -0.3 is 10.2 Å². The fourth-order valence-electron chi connectivity index (χ4n) is 2.86. The topological polar surface area (TPSA) is 32.3 Å². The lowest BCUT2D eigenvalue weighted by Crippen LogP contribution is -2.33. The third-order valence-electron chi connectivity index (χ3n) is 4.13. The van der Waals surface area contributed by atoms with Gasteiger partial charge in [0.1, 0.15) is 0 Å². The summed E-state index contributed by atoms with van der Waals surface area (Å²) in [7, 11) is 1.86. The van der Waals surface area contributed by atoms with Crippen LogP contribution in [0.4, 0.5) is 5.69 Å². The zero-order valence-electron chi connectivity index (χ0n) is 13.3. The number of nitrogens with zero attached hydrogens (tertiary/aromatic N) is 1. The number of aryl methyl sites for hydroxylation is 1. The van der Waals surface area contributed by atoms with Crippen molar-refractivity contribution in [3.8, 4) is 0 Å². The standard InChI is InChI=1S/C17H26N2O/c1-12(2)18-10-6-7-13-8-9-15-14(11-13)17(3,4)16(20)19(15)5/h8-9,11-12,18H,6-7,10H2,1-5H3. The van der Waals surface area contributed by atoms with Gasteiger partial charge in [-0.2, -0.15) is 0 Å². The van der Waals surface area contributed by atoms with E-state index < -0.39 is 5.41 Å². The molecule has 0 spiro atoms. The van der Waals surface area contributed by atoms with E-state index in [1.165, 1.54) is 11.1 Å². The first kappa shape index (κ1) is 15.0. The van der Waals surface area contributed by atoms with E-state index in [9.17, 15) is 4.79 Å². The fourth-order valence-corrected chi connectivity index (χ4v) is 2.86. The predicted octanol–water partition coefficient (Wildman–Crippen LogP) is 2.87. The average Bonchev–Trinajstić information content (AvgIpc) is 2.56. The van der Waals surface area contributed by atoms with Crippen LogP contribution < -0.4 is 10.2 Å². The highest BCUT2D eigenvalue weighted by molar-refractivity contribution is 6.07. The molecule has 1 aliphatic heterocycles. The number of amides is 1. The lowest BCUT2D eigenvalue weighted by molar-refractivity contribution is -0.121. The second kappa shape index (κ2) is 5.57. The maximum absolute atomic E-state index is 12.2. The molecular formula is C17H26N2O.